The van der Waals surface area contributed by atoms with Crippen LogP contribution in [0.5, 0.6) is 0 Å². The Morgan fingerprint density at radius 1 is 1.28 bits per heavy atom. The molecule has 0 saturated carbocycles. The molecule has 2 aliphatic heterocycles. The molecule has 2 aliphatic rings. The lowest BCUT2D eigenvalue weighted by atomic mass is 9.93. The van der Waals surface area contributed by atoms with Crippen LogP contribution in [0, 0.1) is 5.92 Å². The second-order valence-electron chi connectivity index (χ2n) is 4.88. The van der Waals surface area contributed by atoms with Gasteiger partial charge in [-0.2, -0.15) is 11.8 Å². The molecule has 3 rings (SSSR count). The minimum absolute atomic E-state index is 0.114. The largest absolute Gasteiger partial charge is 0.384 e. The summed E-state index contributed by atoms with van der Waals surface area (Å²) in [5, 5.41) is 3.38. The molecule has 18 heavy (non-hydrogen) atoms. The van der Waals surface area contributed by atoms with Crippen molar-refractivity contribution in [3.63, 3.8) is 0 Å². The molecule has 3 nitrogen and oxygen atoms in total. The highest BCUT2D eigenvalue weighted by molar-refractivity contribution is 7.99. The Balaban J connectivity index is 1.69. The van der Waals surface area contributed by atoms with E-state index in [1.54, 1.807) is 0 Å². The van der Waals surface area contributed by atoms with Crippen molar-refractivity contribution in [2.45, 2.75) is 6.42 Å². The Hall–Kier alpha value is -1.16. The molecule has 4 heteroatoms. The van der Waals surface area contributed by atoms with Crippen LogP contribution in [0.2, 0.25) is 0 Å². The Labute approximate surface area is 112 Å². The van der Waals surface area contributed by atoms with Crippen molar-refractivity contribution in [3.05, 3.63) is 29.8 Å². The van der Waals surface area contributed by atoms with Crippen LogP contribution in [-0.2, 0) is 11.2 Å². The van der Waals surface area contributed by atoms with Gasteiger partial charge in [0.2, 0.25) is 5.91 Å². The Bertz CT molecular complexity index is 443. The van der Waals surface area contributed by atoms with E-state index < -0.39 is 0 Å². The standard InChI is InChI=1S/C14H18N2OS/c17-14(16-5-7-18-8-6-16)12-9-11-3-1-2-4-13(11)15-10-12/h1-4,12,15H,5-10H2. The number of nitrogens with zero attached hydrogens (tertiary/aromatic N) is 1. The van der Waals surface area contributed by atoms with Gasteiger partial charge in [-0.3, -0.25) is 4.79 Å². The second-order valence-corrected chi connectivity index (χ2v) is 6.10. The van der Waals surface area contributed by atoms with Gasteiger partial charge in [-0.05, 0) is 18.1 Å². The number of hydrogen-bond acceptors (Lipinski definition) is 3. The molecule has 1 aromatic carbocycles. The summed E-state index contributed by atoms with van der Waals surface area (Å²) < 4.78 is 0. The molecule has 0 bridgehead atoms. The molecule has 0 aliphatic carbocycles. The summed E-state index contributed by atoms with van der Waals surface area (Å²) in [6, 6.07) is 8.29. The highest BCUT2D eigenvalue weighted by Gasteiger charge is 2.28. The molecule has 0 radical (unpaired) electrons. The van der Waals surface area contributed by atoms with E-state index in [2.05, 4.69) is 17.4 Å². The van der Waals surface area contributed by atoms with E-state index in [1.165, 1.54) is 11.3 Å². The summed E-state index contributed by atoms with van der Waals surface area (Å²) in [5.41, 5.74) is 2.46. The van der Waals surface area contributed by atoms with Crippen molar-refractivity contribution in [3.8, 4) is 0 Å². The van der Waals surface area contributed by atoms with Crippen molar-refractivity contribution in [1.82, 2.24) is 4.90 Å². The van der Waals surface area contributed by atoms with E-state index in [-0.39, 0.29) is 5.92 Å². The Kier molecular flexibility index (Phi) is 3.46. The van der Waals surface area contributed by atoms with Crippen LogP contribution in [0.25, 0.3) is 0 Å². The van der Waals surface area contributed by atoms with Gasteiger partial charge in [-0.25, -0.2) is 0 Å². The van der Waals surface area contributed by atoms with Crippen LogP contribution < -0.4 is 5.32 Å². The maximum Gasteiger partial charge on any atom is 0.227 e. The van der Waals surface area contributed by atoms with Crippen LogP contribution in [0.15, 0.2) is 24.3 Å². The molecule has 1 amide bonds. The molecule has 1 aromatic rings. The highest BCUT2D eigenvalue weighted by atomic mass is 32.2. The molecule has 1 unspecified atom stereocenters. The van der Waals surface area contributed by atoms with Crippen LogP contribution in [-0.4, -0.2) is 41.9 Å². The van der Waals surface area contributed by atoms with E-state index in [4.69, 9.17) is 0 Å². The molecule has 0 spiro atoms. The molecule has 1 N–H and O–H groups in total. The maximum absolute atomic E-state index is 12.4. The SMILES string of the molecule is O=C(C1CNc2ccccc2C1)N1CCSCC1. The number of para-hydroxylation sites is 1. The lowest BCUT2D eigenvalue weighted by molar-refractivity contribution is -0.134. The number of anilines is 1. The molecular formula is C14H18N2OS. The van der Waals surface area contributed by atoms with Gasteiger partial charge in [-0.15, -0.1) is 0 Å². The first-order valence-corrected chi connectivity index (χ1v) is 7.68. The van der Waals surface area contributed by atoms with Gasteiger partial charge < -0.3 is 10.2 Å². The molecule has 1 saturated heterocycles. The highest BCUT2D eigenvalue weighted by Crippen LogP contribution is 2.25. The minimum atomic E-state index is 0.114. The van der Waals surface area contributed by atoms with Gasteiger partial charge in [0.1, 0.15) is 0 Å². The number of nitrogens with one attached hydrogen (secondary N) is 1. The Morgan fingerprint density at radius 3 is 2.89 bits per heavy atom. The molecular weight excluding hydrogens is 244 g/mol. The summed E-state index contributed by atoms with van der Waals surface area (Å²) in [7, 11) is 0. The normalized spacial score (nSPS) is 23.1. The number of thioether (sulfide) groups is 1. The fourth-order valence-corrected chi connectivity index (χ4v) is 3.56. The van der Waals surface area contributed by atoms with E-state index in [9.17, 15) is 4.79 Å². The predicted molar refractivity (Wildman–Crippen MR) is 76.0 cm³/mol. The van der Waals surface area contributed by atoms with Gasteiger partial charge in [-0.1, -0.05) is 18.2 Å². The smallest absolute Gasteiger partial charge is 0.227 e. The van der Waals surface area contributed by atoms with Crippen molar-refractivity contribution < 1.29 is 4.79 Å². The van der Waals surface area contributed by atoms with Gasteiger partial charge in [0, 0.05) is 36.8 Å². The van der Waals surface area contributed by atoms with Gasteiger partial charge in [0.05, 0.1) is 5.92 Å². The third-order valence-electron chi connectivity index (χ3n) is 3.69. The zero-order valence-corrected chi connectivity index (χ0v) is 11.2. The summed E-state index contributed by atoms with van der Waals surface area (Å²) >= 11 is 1.94. The van der Waals surface area contributed by atoms with E-state index in [0.29, 0.717) is 5.91 Å². The summed E-state index contributed by atoms with van der Waals surface area (Å²) in [6.07, 6.45) is 0.881. The first kappa shape index (κ1) is 11.9. The van der Waals surface area contributed by atoms with Crippen LogP contribution in [0.3, 0.4) is 0 Å². The molecule has 1 fully saturated rings. The van der Waals surface area contributed by atoms with Crippen LogP contribution in [0.4, 0.5) is 5.69 Å². The van der Waals surface area contributed by atoms with Crippen LogP contribution in [0.1, 0.15) is 5.56 Å². The second kappa shape index (κ2) is 5.22. The third kappa shape index (κ3) is 2.34. The first-order valence-electron chi connectivity index (χ1n) is 6.53. The monoisotopic (exact) mass is 262 g/mol. The quantitative estimate of drug-likeness (QED) is 0.838. The summed E-state index contributed by atoms with van der Waals surface area (Å²) in [6.45, 7) is 2.61. The zero-order valence-electron chi connectivity index (χ0n) is 10.4. The Morgan fingerprint density at radius 2 is 2.06 bits per heavy atom. The predicted octanol–water partition coefficient (Wildman–Crippen LogP) is 1.85. The van der Waals surface area contributed by atoms with Gasteiger partial charge in [0.15, 0.2) is 0 Å². The third-order valence-corrected chi connectivity index (χ3v) is 4.64. The molecule has 0 aromatic heterocycles. The maximum atomic E-state index is 12.4. The number of rotatable bonds is 1. The molecule has 96 valence electrons. The number of hydrogen-bond donors (Lipinski definition) is 1. The number of benzene rings is 1. The van der Waals surface area contributed by atoms with Crippen molar-refractivity contribution in [2.75, 3.05) is 36.5 Å². The fraction of sp³-hybridized carbons (Fsp3) is 0.500. The van der Waals surface area contributed by atoms with E-state index in [1.807, 2.05) is 28.8 Å². The summed E-state index contributed by atoms with van der Waals surface area (Å²) in [5.74, 6) is 2.62. The van der Waals surface area contributed by atoms with Crippen molar-refractivity contribution >= 4 is 23.4 Å². The number of fused-ring (bicyclic) bond motifs is 1. The van der Waals surface area contributed by atoms with Crippen LogP contribution >= 0.6 is 11.8 Å². The van der Waals surface area contributed by atoms with Crippen molar-refractivity contribution in [1.29, 1.82) is 0 Å². The van der Waals surface area contributed by atoms with E-state index in [0.717, 1.165) is 37.6 Å². The average molecular weight is 262 g/mol. The number of carbonyl (C=O) groups excluding carboxylic acids is 1. The zero-order chi connectivity index (χ0) is 12.4. The first-order chi connectivity index (χ1) is 8.84. The topological polar surface area (TPSA) is 32.3 Å². The lowest BCUT2D eigenvalue weighted by Gasteiger charge is -2.32. The lowest BCUT2D eigenvalue weighted by Crippen LogP contribution is -2.45. The fourth-order valence-electron chi connectivity index (χ4n) is 2.66. The van der Waals surface area contributed by atoms with Crippen molar-refractivity contribution in [2.24, 2.45) is 5.92 Å². The average Bonchev–Trinajstić information content (AvgIpc) is 2.47. The van der Waals surface area contributed by atoms with Gasteiger partial charge >= 0.3 is 0 Å². The van der Waals surface area contributed by atoms with Gasteiger partial charge in [0.25, 0.3) is 0 Å². The molecule has 1 atom stereocenters. The number of carbonyl (C=O) groups is 1. The molecule has 2 heterocycles. The van der Waals surface area contributed by atoms with E-state index >= 15 is 0 Å². The summed E-state index contributed by atoms with van der Waals surface area (Å²) in [4.78, 5) is 14.5. The minimum Gasteiger partial charge on any atom is -0.384 e. The number of amides is 1.